The van der Waals surface area contributed by atoms with Gasteiger partial charge in [0.1, 0.15) is 5.15 Å². The first-order valence-electron chi connectivity index (χ1n) is 4.52. The maximum atomic E-state index is 11.0. The molecular weight excluding hydrogens is 247 g/mol. The third-order valence-corrected chi connectivity index (χ3v) is 2.74. The van der Waals surface area contributed by atoms with Gasteiger partial charge in [-0.15, -0.1) is 0 Å². The first kappa shape index (κ1) is 11.0. The van der Waals surface area contributed by atoms with Crippen LogP contribution in [0.15, 0.2) is 30.3 Å². The lowest BCUT2D eigenvalue weighted by Crippen LogP contribution is -2.09. The zero-order chi connectivity index (χ0) is 11.7. The summed E-state index contributed by atoms with van der Waals surface area (Å²) in [5.74, 6) is -0.554. The molecule has 0 saturated carbocycles. The summed E-state index contributed by atoms with van der Waals surface area (Å²) < 4.78 is 0. The number of rotatable bonds is 2. The van der Waals surface area contributed by atoms with Gasteiger partial charge in [-0.05, 0) is 23.8 Å². The average molecular weight is 255 g/mol. The van der Waals surface area contributed by atoms with Gasteiger partial charge in [0.2, 0.25) is 0 Å². The molecule has 82 valence electrons. The number of benzene rings is 1. The Morgan fingerprint density at radius 2 is 1.81 bits per heavy atom. The van der Waals surface area contributed by atoms with Crippen molar-refractivity contribution in [1.82, 2.24) is 4.98 Å². The molecule has 1 aromatic carbocycles. The molecule has 0 saturated heterocycles. The SMILES string of the molecule is NC(=O)c1cc(-c2ccc(Cl)cc2)[nH]c1Cl. The molecule has 16 heavy (non-hydrogen) atoms. The summed E-state index contributed by atoms with van der Waals surface area (Å²) in [7, 11) is 0. The number of hydrogen-bond acceptors (Lipinski definition) is 1. The molecule has 0 bridgehead atoms. The van der Waals surface area contributed by atoms with E-state index in [2.05, 4.69) is 4.98 Å². The highest BCUT2D eigenvalue weighted by molar-refractivity contribution is 6.33. The van der Waals surface area contributed by atoms with Gasteiger partial charge in [-0.25, -0.2) is 0 Å². The monoisotopic (exact) mass is 254 g/mol. The van der Waals surface area contributed by atoms with Crippen LogP contribution in [0.25, 0.3) is 11.3 Å². The first-order chi connectivity index (χ1) is 7.58. The van der Waals surface area contributed by atoms with Gasteiger partial charge in [0.15, 0.2) is 0 Å². The number of carbonyl (C=O) groups excluding carboxylic acids is 1. The van der Waals surface area contributed by atoms with Crippen molar-refractivity contribution in [2.75, 3.05) is 0 Å². The Hall–Kier alpha value is -1.45. The molecule has 0 unspecified atom stereocenters. The van der Waals surface area contributed by atoms with Crippen LogP contribution in [0.5, 0.6) is 0 Å². The predicted molar refractivity (Wildman–Crippen MR) is 64.8 cm³/mol. The third kappa shape index (κ3) is 2.05. The van der Waals surface area contributed by atoms with Crippen LogP contribution in [-0.4, -0.2) is 10.9 Å². The number of aromatic nitrogens is 1. The maximum Gasteiger partial charge on any atom is 0.251 e. The molecule has 5 heteroatoms. The van der Waals surface area contributed by atoms with E-state index in [4.69, 9.17) is 28.9 Å². The number of nitrogens with two attached hydrogens (primary N) is 1. The lowest BCUT2D eigenvalue weighted by molar-refractivity contribution is 0.100. The van der Waals surface area contributed by atoms with Crippen LogP contribution in [-0.2, 0) is 0 Å². The molecule has 0 aliphatic carbocycles. The smallest absolute Gasteiger partial charge is 0.251 e. The predicted octanol–water partition coefficient (Wildman–Crippen LogP) is 3.09. The number of carbonyl (C=O) groups is 1. The van der Waals surface area contributed by atoms with Gasteiger partial charge in [0.05, 0.1) is 5.56 Å². The zero-order valence-electron chi connectivity index (χ0n) is 8.13. The fraction of sp³-hybridized carbons (Fsp3) is 0. The van der Waals surface area contributed by atoms with Gasteiger partial charge in [-0.3, -0.25) is 4.79 Å². The highest BCUT2D eigenvalue weighted by Gasteiger charge is 2.11. The van der Waals surface area contributed by atoms with Gasteiger partial charge in [-0.1, -0.05) is 35.3 Å². The second-order valence-corrected chi connectivity index (χ2v) is 4.10. The molecule has 0 fully saturated rings. The Balaban J connectivity index is 2.45. The lowest BCUT2D eigenvalue weighted by atomic mass is 10.1. The van der Waals surface area contributed by atoms with Crippen molar-refractivity contribution in [3.8, 4) is 11.3 Å². The van der Waals surface area contributed by atoms with Crippen molar-refractivity contribution in [3.63, 3.8) is 0 Å². The van der Waals surface area contributed by atoms with Crippen molar-refractivity contribution in [2.24, 2.45) is 5.73 Å². The largest absolute Gasteiger partial charge is 0.366 e. The quantitative estimate of drug-likeness (QED) is 0.851. The Labute approximate surface area is 102 Å². The topological polar surface area (TPSA) is 58.9 Å². The normalized spacial score (nSPS) is 10.4. The van der Waals surface area contributed by atoms with Crippen molar-refractivity contribution < 1.29 is 4.79 Å². The van der Waals surface area contributed by atoms with E-state index in [1.165, 1.54) is 0 Å². The van der Waals surface area contributed by atoms with E-state index in [1.807, 2.05) is 12.1 Å². The van der Waals surface area contributed by atoms with E-state index in [0.717, 1.165) is 11.3 Å². The second-order valence-electron chi connectivity index (χ2n) is 3.28. The Morgan fingerprint density at radius 1 is 1.19 bits per heavy atom. The molecule has 0 radical (unpaired) electrons. The van der Waals surface area contributed by atoms with E-state index in [9.17, 15) is 4.79 Å². The fourth-order valence-corrected chi connectivity index (χ4v) is 1.77. The molecule has 3 nitrogen and oxygen atoms in total. The van der Waals surface area contributed by atoms with Crippen LogP contribution in [0.4, 0.5) is 0 Å². The Morgan fingerprint density at radius 3 is 2.31 bits per heavy atom. The molecule has 2 rings (SSSR count). The molecule has 0 aliphatic rings. The van der Waals surface area contributed by atoms with Crippen molar-refractivity contribution in [3.05, 3.63) is 46.1 Å². The average Bonchev–Trinajstić information content (AvgIpc) is 2.61. The number of H-pyrrole nitrogens is 1. The van der Waals surface area contributed by atoms with Crippen molar-refractivity contribution >= 4 is 29.1 Å². The Kier molecular flexibility index (Phi) is 2.90. The summed E-state index contributed by atoms with van der Waals surface area (Å²) in [6, 6.07) is 8.80. The van der Waals surface area contributed by atoms with E-state index in [1.54, 1.807) is 18.2 Å². The highest BCUT2D eigenvalue weighted by Crippen LogP contribution is 2.25. The van der Waals surface area contributed by atoms with E-state index >= 15 is 0 Å². The molecule has 1 aromatic heterocycles. The van der Waals surface area contributed by atoms with Crippen LogP contribution in [0.2, 0.25) is 10.2 Å². The van der Waals surface area contributed by atoms with Crippen LogP contribution >= 0.6 is 23.2 Å². The molecule has 1 heterocycles. The lowest BCUT2D eigenvalue weighted by Gasteiger charge is -1.96. The van der Waals surface area contributed by atoms with Crippen LogP contribution < -0.4 is 5.73 Å². The number of aromatic amines is 1. The van der Waals surface area contributed by atoms with Crippen LogP contribution in [0, 0.1) is 0 Å². The van der Waals surface area contributed by atoms with Crippen LogP contribution in [0.3, 0.4) is 0 Å². The standard InChI is InChI=1S/C11H8Cl2N2O/c12-7-3-1-6(2-4-7)9-5-8(11(14)16)10(13)15-9/h1-5,15H,(H2,14,16). The summed E-state index contributed by atoms with van der Waals surface area (Å²) in [6.45, 7) is 0. The zero-order valence-corrected chi connectivity index (χ0v) is 9.64. The molecule has 0 aliphatic heterocycles. The molecule has 1 amide bonds. The van der Waals surface area contributed by atoms with E-state index in [0.29, 0.717) is 5.02 Å². The van der Waals surface area contributed by atoms with Crippen molar-refractivity contribution in [1.29, 1.82) is 0 Å². The maximum absolute atomic E-state index is 11.0. The van der Waals surface area contributed by atoms with Gasteiger partial charge >= 0.3 is 0 Å². The first-order valence-corrected chi connectivity index (χ1v) is 5.28. The highest BCUT2D eigenvalue weighted by atomic mass is 35.5. The number of nitrogens with one attached hydrogen (secondary N) is 1. The summed E-state index contributed by atoms with van der Waals surface area (Å²) in [5.41, 5.74) is 7.07. The van der Waals surface area contributed by atoms with Gasteiger partial charge in [-0.2, -0.15) is 0 Å². The molecule has 0 spiro atoms. The van der Waals surface area contributed by atoms with Gasteiger partial charge in [0, 0.05) is 10.7 Å². The Bertz CT molecular complexity index is 531. The third-order valence-electron chi connectivity index (χ3n) is 2.19. The van der Waals surface area contributed by atoms with Crippen LogP contribution in [0.1, 0.15) is 10.4 Å². The second kappa shape index (κ2) is 4.20. The minimum absolute atomic E-state index is 0.248. The summed E-state index contributed by atoms with van der Waals surface area (Å²) in [6.07, 6.45) is 0. The summed E-state index contributed by atoms with van der Waals surface area (Å²) >= 11 is 11.6. The minimum atomic E-state index is -0.554. The number of amides is 1. The summed E-state index contributed by atoms with van der Waals surface area (Å²) in [5, 5.41) is 0.897. The summed E-state index contributed by atoms with van der Waals surface area (Å²) in [4.78, 5) is 13.9. The molecule has 2 aromatic rings. The molecule has 3 N–H and O–H groups in total. The number of primary amides is 1. The fourth-order valence-electron chi connectivity index (χ4n) is 1.39. The number of hydrogen-bond donors (Lipinski definition) is 2. The number of halogens is 2. The van der Waals surface area contributed by atoms with Gasteiger partial charge in [0.25, 0.3) is 5.91 Å². The molecule has 0 atom stereocenters. The van der Waals surface area contributed by atoms with E-state index < -0.39 is 5.91 Å². The van der Waals surface area contributed by atoms with E-state index in [-0.39, 0.29) is 10.7 Å². The van der Waals surface area contributed by atoms with Crippen molar-refractivity contribution in [2.45, 2.75) is 0 Å². The van der Waals surface area contributed by atoms with Gasteiger partial charge < -0.3 is 10.7 Å². The molecular formula is C11H8Cl2N2O. The minimum Gasteiger partial charge on any atom is -0.366 e.